The van der Waals surface area contributed by atoms with Crippen LogP contribution in [0.2, 0.25) is 0 Å². The number of carbonyl (C=O) groups excluding carboxylic acids is 5. The average molecular weight is 1000 g/mol. The van der Waals surface area contributed by atoms with Crippen LogP contribution in [-0.4, -0.2) is 89.9 Å². The van der Waals surface area contributed by atoms with E-state index in [4.69, 9.17) is 23.3 Å². The molecule has 1 aliphatic carbocycles. The molecule has 0 aliphatic heterocycles. The second-order valence-electron chi connectivity index (χ2n) is 15.5. The fourth-order valence-electron chi connectivity index (χ4n) is 7.01. The molecule has 0 saturated heterocycles. The molecule has 66 heavy (non-hydrogen) atoms. The van der Waals surface area contributed by atoms with Crippen LogP contribution in [-0.2, 0) is 48.2 Å². The molecule has 0 fully saturated rings. The van der Waals surface area contributed by atoms with Gasteiger partial charge in [-0.15, -0.1) is 23.5 Å². The number of thiol groups is 1. The van der Waals surface area contributed by atoms with Crippen molar-refractivity contribution in [1.29, 1.82) is 0 Å². The Bertz CT molecular complexity index is 2180. The van der Waals surface area contributed by atoms with Crippen LogP contribution < -0.4 is 5.30 Å². The van der Waals surface area contributed by atoms with Crippen molar-refractivity contribution < 1.29 is 52.1 Å². The summed E-state index contributed by atoms with van der Waals surface area (Å²) in [5.41, 5.74) is 4.55. The molecule has 3 rings (SSSR count). The highest BCUT2D eigenvalue weighted by Crippen LogP contribution is 2.58. The zero-order valence-corrected chi connectivity index (χ0v) is 43.7. The minimum Gasteiger partial charge on any atom is -0.464 e. The molecule has 11 nitrogen and oxygen atoms in total. The summed E-state index contributed by atoms with van der Waals surface area (Å²) >= 11 is 6.73. The van der Waals surface area contributed by atoms with Gasteiger partial charge in [-0.25, -0.2) is 9.69 Å². The number of benzene rings is 2. The molecule has 16 heteroatoms. The predicted molar refractivity (Wildman–Crippen MR) is 276 cm³/mol. The first-order valence-corrected chi connectivity index (χ1v) is 27.6. The van der Waals surface area contributed by atoms with Gasteiger partial charge in [0.05, 0.1) is 34.8 Å². The van der Waals surface area contributed by atoms with E-state index in [0.29, 0.717) is 58.5 Å². The number of thioether (sulfide) groups is 2. The van der Waals surface area contributed by atoms with Crippen LogP contribution in [0.3, 0.4) is 0 Å². The first-order chi connectivity index (χ1) is 31.5. The summed E-state index contributed by atoms with van der Waals surface area (Å²) < 4.78 is 28.6. The minimum absolute atomic E-state index is 0.0154. The molecular weight excluding hydrogens is 935 g/mol. The molecule has 0 aromatic heterocycles. The minimum atomic E-state index is -3.60. The number of carbonyl (C=O) groups is 5. The van der Waals surface area contributed by atoms with Crippen molar-refractivity contribution in [2.75, 3.05) is 56.0 Å². The number of esters is 3. The number of aryl methyl sites for hydroxylation is 2. The monoisotopic (exact) mass is 999 g/mol. The normalized spacial score (nSPS) is 15.5. The molecule has 3 atom stereocenters. The van der Waals surface area contributed by atoms with Gasteiger partial charge in [0.1, 0.15) is 28.0 Å². The van der Waals surface area contributed by atoms with Gasteiger partial charge in [-0.3, -0.25) is 19.2 Å². The number of hydrogen-bond donors (Lipinski definition) is 2. The standard InChI is InChI=1S/C50H64O11P2S3/c1-10-18-41(19-11-2)62(60-13-4)48(54)46-35(6)22-23-39(24-36(46)7)28-65-30-44(52)58-33-50(12-3,32-57-43(51)27-64)34-59-45(53)31-66-29-40-25-37(8)47(38(9)26-40)49(55)63(56,61-14-5)42-20-16-15-17-21-42/h10-11,15-22,24-26,56H,1,12-14,23,27-34H2,2-9H3/p+1/b19-11-,41-18+. The Morgan fingerprint density at radius 2 is 1.47 bits per heavy atom. The van der Waals surface area contributed by atoms with Gasteiger partial charge in [0.15, 0.2) is 5.30 Å². The number of rotatable bonds is 28. The first kappa shape index (κ1) is 56.7. The highest BCUT2D eigenvalue weighted by Gasteiger charge is 2.52. The van der Waals surface area contributed by atoms with E-state index >= 15 is 0 Å². The molecule has 0 spiro atoms. The predicted octanol–water partition coefficient (Wildman–Crippen LogP) is 10.8. The summed E-state index contributed by atoms with van der Waals surface area (Å²) in [4.78, 5) is 77.7. The van der Waals surface area contributed by atoms with Crippen molar-refractivity contribution in [3.8, 4) is 0 Å². The Labute approximate surface area is 407 Å². The molecule has 0 saturated carbocycles. The van der Waals surface area contributed by atoms with Gasteiger partial charge in [0.25, 0.3) is 0 Å². The summed E-state index contributed by atoms with van der Waals surface area (Å²) in [7, 11) is -5.18. The molecule has 2 aromatic rings. The maximum Gasteiger partial charge on any atom is 0.379 e. The van der Waals surface area contributed by atoms with Crippen molar-refractivity contribution in [2.24, 2.45) is 5.41 Å². The van der Waals surface area contributed by atoms with Crippen molar-refractivity contribution in [2.45, 2.75) is 74.0 Å². The number of hydrogen-bond acceptors (Lipinski definition) is 14. The summed E-state index contributed by atoms with van der Waals surface area (Å²) in [5.74, 6) is -0.627. The van der Waals surface area contributed by atoms with Gasteiger partial charge in [-0.1, -0.05) is 85.9 Å². The molecule has 0 heterocycles. The van der Waals surface area contributed by atoms with Crippen molar-refractivity contribution in [3.05, 3.63) is 135 Å². The van der Waals surface area contributed by atoms with E-state index in [2.05, 4.69) is 19.2 Å². The van der Waals surface area contributed by atoms with Gasteiger partial charge in [0.2, 0.25) is 5.52 Å². The molecule has 1 aliphatic rings. The van der Waals surface area contributed by atoms with E-state index in [-0.39, 0.29) is 49.2 Å². The van der Waals surface area contributed by atoms with Gasteiger partial charge >= 0.3 is 31.1 Å². The van der Waals surface area contributed by atoms with Crippen LogP contribution in [0.15, 0.2) is 113 Å². The number of allylic oxidation sites excluding steroid dienone is 10. The van der Waals surface area contributed by atoms with Crippen LogP contribution in [0.4, 0.5) is 0 Å². The molecule has 0 radical (unpaired) electrons. The lowest BCUT2D eigenvalue weighted by Gasteiger charge is -2.31. The molecular formula is C50H65O11P2S3+. The second kappa shape index (κ2) is 28.7. The van der Waals surface area contributed by atoms with Crippen molar-refractivity contribution in [1.82, 2.24) is 0 Å². The van der Waals surface area contributed by atoms with E-state index < -0.39 is 44.7 Å². The fraction of sp³-hybridized carbons (Fsp3) is 0.420. The summed E-state index contributed by atoms with van der Waals surface area (Å²) in [6, 6.07) is 12.5. The lowest BCUT2D eigenvalue weighted by Crippen LogP contribution is -2.39. The van der Waals surface area contributed by atoms with Crippen molar-refractivity contribution >= 4 is 86.3 Å². The van der Waals surface area contributed by atoms with E-state index in [9.17, 15) is 28.9 Å². The third-order valence-electron chi connectivity index (χ3n) is 10.4. The quantitative estimate of drug-likeness (QED) is 0.0274. The van der Waals surface area contributed by atoms with Gasteiger partial charge in [0, 0.05) is 29.0 Å². The van der Waals surface area contributed by atoms with E-state index in [1.165, 1.54) is 23.5 Å². The second-order valence-corrected chi connectivity index (χ2v) is 21.9. The highest BCUT2D eigenvalue weighted by atomic mass is 32.2. The van der Waals surface area contributed by atoms with Gasteiger partial charge in [-0.05, 0) is 101 Å². The lowest BCUT2D eigenvalue weighted by atomic mass is 9.88. The molecule has 1 N–H and O–H groups in total. The van der Waals surface area contributed by atoms with Gasteiger partial charge < -0.3 is 18.7 Å². The third kappa shape index (κ3) is 16.6. The lowest BCUT2D eigenvalue weighted by molar-refractivity contribution is -0.158. The van der Waals surface area contributed by atoms with Crippen LogP contribution in [0.1, 0.15) is 81.4 Å². The van der Waals surface area contributed by atoms with E-state index in [1.54, 1.807) is 37.3 Å². The Kier molecular flexibility index (Phi) is 24.7. The Hall–Kier alpha value is -3.58. The summed E-state index contributed by atoms with van der Waals surface area (Å²) in [5, 5.41) is 1.23. The first-order valence-electron chi connectivity index (χ1n) is 21.7. The maximum atomic E-state index is 14.0. The maximum absolute atomic E-state index is 14.0. The topological polar surface area (TPSA) is 152 Å². The SMILES string of the molecule is C=C/C=C(\C=C/C)P(OCC)C(=O)C1=C(C)C=C(CSCC(=O)OCC(CC)(COC(=O)CS)COC(=O)CSCc2cc(C)c(C(=O)[P+](O)(OCC)c3ccccc3)c(C)c2)CC=C1C. The molecule has 3 unspecified atom stereocenters. The zero-order chi connectivity index (χ0) is 48.9. The van der Waals surface area contributed by atoms with Crippen LogP contribution in [0.25, 0.3) is 0 Å². The number of ether oxygens (including phenoxy) is 3. The van der Waals surface area contributed by atoms with E-state index in [0.717, 1.165) is 27.6 Å². The van der Waals surface area contributed by atoms with Crippen molar-refractivity contribution in [3.63, 3.8) is 0 Å². The molecule has 358 valence electrons. The fourth-order valence-corrected chi connectivity index (χ4v) is 12.6. The summed E-state index contributed by atoms with van der Waals surface area (Å²) in [6.45, 7) is 18.8. The Balaban J connectivity index is 1.62. The highest BCUT2D eigenvalue weighted by molar-refractivity contribution is 8.00. The zero-order valence-electron chi connectivity index (χ0n) is 39.4. The third-order valence-corrected chi connectivity index (χ3v) is 16.9. The molecule has 0 bridgehead atoms. The smallest absolute Gasteiger partial charge is 0.379 e. The molecule has 2 aromatic carbocycles. The Morgan fingerprint density at radius 3 is 2.00 bits per heavy atom. The van der Waals surface area contributed by atoms with Gasteiger partial charge in [-0.2, -0.15) is 17.2 Å². The van der Waals surface area contributed by atoms with Crippen LogP contribution >= 0.6 is 52.0 Å². The Morgan fingerprint density at radius 1 is 0.879 bits per heavy atom. The average Bonchev–Trinajstić information content (AvgIpc) is 3.43. The molecule has 0 amide bonds. The van der Waals surface area contributed by atoms with Crippen LogP contribution in [0.5, 0.6) is 0 Å². The summed E-state index contributed by atoms with van der Waals surface area (Å²) in [6.07, 6.45) is 12.3. The largest absolute Gasteiger partial charge is 0.464 e. The van der Waals surface area contributed by atoms with E-state index in [1.807, 2.05) is 97.0 Å². The van der Waals surface area contributed by atoms with Crippen LogP contribution in [0, 0.1) is 19.3 Å².